The molecule has 28 heavy (non-hydrogen) atoms. The first-order valence-electron chi connectivity index (χ1n) is 8.56. The van der Waals surface area contributed by atoms with Crippen LogP contribution in [0.4, 0.5) is 11.4 Å². The van der Waals surface area contributed by atoms with Crippen LogP contribution in [0.2, 0.25) is 5.02 Å². The number of benzene rings is 2. The van der Waals surface area contributed by atoms with E-state index in [-0.39, 0.29) is 26.9 Å². The summed E-state index contributed by atoms with van der Waals surface area (Å²) >= 11 is 6.10. The summed E-state index contributed by atoms with van der Waals surface area (Å²) < 4.78 is 26.8. The Morgan fingerprint density at radius 2 is 1.86 bits per heavy atom. The molecule has 1 aliphatic rings. The Bertz CT molecular complexity index is 1050. The lowest BCUT2D eigenvalue weighted by Crippen LogP contribution is -2.28. The predicted octanol–water partition coefficient (Wildman–Crippen LogP) is 3.59. The average Bonchev–Trinajstić information content (AvgIpc) is 3.18. The van der Waals surface area contributed by atoms with E-state index in [4.69, 9.17) is 11.6 Å². The highest BCUT2D eigenvalue weighted by molar-refractivity contribution is 7.89. The van der Waals surface area contributed by atoms with Gasteiger partial charge >= 0.3 is 0 Å². The number of nitro benzene ring substituents is 1. The van der Waals surface area contributed by atoms with Gasteiger partial charge in [0.25, 0.3) is 11.6 Å². The van der Waals surface area contributed by atoms with Crippen LogP contribution >= 0.6 is 11.6 Å². The van der Waals surface area contributed by atoms with Crippen molar-refractivity contribution >= 4 is 38.9 Å². The Balaban J connectivity index is 1.90. The monoisotopic (exact) mass is 423 g/mol. The Labute approximate surface area is 167 Å². The first-order chi connectivity index (χ1) is 13.2. The maximum absolute atomic E-state index is 12.7. The van der Waals surface area contributed by atoms with Gasteiger partial charge in [-0.3, -0.25) is 14.9 Å². The summed E-state index contributed by atoms with van der Waals surface area (Å²) in [7, 11) is -3.70. The number of aryl methyl sites for hydroxylation is 1. The van der Waals surface area contributed by atoms with Crippen LogP contribution in [-0.4, -0.2) is 36.6 Å². The number of rotatable bonds is 5. The summed E-state index contributed by atoms with van der Waals surface area (Å²) in [6, 6.07) is 8.24. The highest BCUT2D eigenvalue weighted by Crippen LogP contribution is 2.27. The highest BCUT2D eigenvalue weighted by Gasteiger charge is 2.28. The SMILES string of the molecule is Cc1ccc(NC(=O)c2cc(S(=O)(=O)N3CCCC3)ccc2Cl)cc1[N+](=O)[O-]. The van der Waals surface area contributed by atoms with Gasteiger partial charge in [-0.1, -0.05) is 17.7 Å². The summed E-state index contributed by atoms with van der Waals surface area (Å²) in [4.78, 5) is 23.1. The van der Waals surface area contributed by atoms with Crippen LogP contribution in [0.25, 0.3) is 0 Å². The molecule has 1 saturated heterocycles. The van der Waals surface area contributed by atoms with Crippen LogP contribution in [0.5, 0.6) is 0 Å². The van der Waals surface area contributed by atoms with Crippen molar-refractivity contribution in [2.75, 3.05) is 18.4 Å². The Hall–Kier alpha value is -2.49. The number of nitrogens with zero attached hydrogens (tertiary/aromatic N) is 2. The third-order valence-electron chi connectivity index (χ3n) is 4.55. The number of halogens is 1. The molecule has 8 nitrogen and oxygen atoms in total. The van der Waals surface area contributed by atoms with Crippen molar-refractivity contribution in [2.45, 2.75) is 24.7 Å². The predicted molar refractivity (Wildman–Crippen MR) is 105 cm³/mol. The van der Waals surface area contributed by atoms with Gasteiger partial charge in [0.15, 0.2) is 0 Å². The summed E-state index contributed by atoms with van der Waals surface area (Å²) in [5.74, 6) is -0.651. The van der Waals surface area contributed by atoms with E-state index in [2.05, 4.69) is 5.32 Å². The molecule has 0 radical (unpaired) electrons. The maximum atomic E-state index is 12.7. The van der Waals surface area contributed by atoms with E-state index in [9.17, 15) is 23.3 Å². The van der Waals surface area contributed by atoms with Crippen molar-refractivity contribution in [3.8, 4) is 0 Å². The lowest BCUT2D eigenvalue weighted by molar-refractivity contribution is -0.385. The molecule has 0 bridgehead atoms. The quantitative estimate of drug-likeness (QED) is 0.583. The van der Waals surface area contributed by atoms with Crippen LogP contribution in [0.15, 0.2) is 41.3 Å². The molecule has 10 heteroatoms. The molecule has 1 heterocycles. The lowest BCUT2D eigenvalue weighted by atomic mass is 10.1. The summed E-state index contributed by atoms with van der Waals surface area (Å²) in [6.45, 7) is 2.48. The second-order valence-corrected chi connectivity index (χ2v) is 8.81. The molecule has 2 aromatic rings. The number of hydrogen-bond donors (Lipinski definition) is 1. The molecule has 1 N–H and O–H groups in total. The molecule has 1 amide bonds. The minimum atomic E-state index is -3.70. The van der Waals surface area contributed by atoms with Gasteiger partial charge in [-0.25, -0.2) is 8.42 Å². The highest BCUT2D eigenvalue weighted by atomic mass is 35.5. The van der Waals surface area contributed by atoms with E-state index in [0.717, 1.165) is 12.8 Å². The Kier molecular flexibility index (Phi) is 5.69. The van der Waals surface area contributed by atoms with Crippen LogP contribution < -0.4 is 5.32 Å². The number of anilines is 1. The van der Waals surface area contributed by atoms with Crippen molar-refractivity contribution in [1.29, 1.82) is 0 Å². The smallest absolute Gasteiger partial charge is 0.274 e. The van der Waals surface area contributed by atoms with Crippen molar-refractivity contribution in [3.05, 3.63) is 62.7 Å². The normalized spacial score (nSPS) is 14.8. The van der Waals surface area contributed by atoms with Gasteiger partial charge in [-0.05, 0) is 44.0 Å². The second kappa shape index (κ2) is 7.86. The number of carbonyl (C=O) groups is 1. The minimum absolute atomic E-state index is 0.0150. The van der Waals surface area contributed by atoms with Crippen LogP contribution in [0, 0.1) is 17.0 Å². The van der Waals surface area contributed by atoms with E-state index in [1.165, 1.54) is 40.7 Å². The van der Waals surface area contributed by atoms with E-state index in [1.54, 1.807) is 6.92 Å². The number of carbonyl (C=O) groups excluding carboxylic acids is 1. The molecule has 2 aromatic carbocycles. The molecule has 1 aliphatic heterocycles. The molecule has 0 aliphatic carbocycles. The number of amides is 1. The zero-order chi connectivity index (χ0) is 20.5. The third-order valence-corrected chi connectivity index (χ3v) is 6.77. The molecular weight excluding hydrogens is 406 g/mol. The number of sulfonamides is 1. The third kappa shape index (κ3) is 4.01. The van der Waals surface area contributed by atoms with E-state index >= 15 is 0 Å². The van der Waals surface area contributed by atoms with Gasteiger partial charge in [0.2, 0.25) is 10.0 Å². The molecule has 0 unspecified atom stereocenters. The topological polar surface area (TPSA) is 110 Å². The molecular formula is C18H18ClN3O5S. The standard InChI is InChI=1S/C18H18ClN3O5S/c1-12-4-5-13(10-17(12)22(24)25)20-18(23)15-11-14(6-7-16(15)19)28(26,27)21-8-2-3-9-21/h4-7,10-11H,2-3,8-9H2,1H3,(H,20,23). The van der Waals surface area contributed by atoms with Crippen molar-refractivity contribution in [3.63, 3.8) is 0 Å². The van der Waals surface area contributed by atoms with Crippen LogP contribution in [0.3, 0.4) is 0 Å². The number of hydrogen-bond acceptors (Lipinski definition) is 5. The van der Waals surface area contributed by atoms with Crippen molar-refractivity contribution in [1.82, 2.24) is 4.31 Å². The fourth-order valence-corrected chi connectivity index (χ4v) is 4.75. The fraction of sp³-hybridized carbons (Fsp3) is 0.278. The molecule has 1 fully saturated rings. The van der Waals surface area contributed by atoms with Gasteiger partial charge in [-0.2, -0.15) is 4.31 Å². The van der Waals surface area contributed by atoms with E-state index < -0.39 is 20.9 Å². The van der Waals surface area contributed by atoms with Crippen LogP contribution in [-0.2, 0) is 10.0 Å². The van der Waals surface area contributed by atoms with Gasteiger partial charge in [0.1, 0.15) is 0 Å². The largest absolute Gasteiger partial charge is 0.322 e. The Morgan fingerprint density at radius 1 is 1.18 bits per heavy atom. The van der Waals surface area contributed by atoms with E-state index in [0.29, 0.717) is 18.7 Å². The number of nitro groups is 1. The zero-order valence-corrected chi connectivity index (χ0v) is 16.6. The summed E-state index contributed by atoms with van der Waals surface area (Å²) in [5, 5.41) is 13.7. The molecule has 0 atom stereocenters. The van der Waals surface area contributed by atoms with Crippen molar-refractivity contribution in [2.24, 2.45) is 0 Å². The van der Waals surface area contributed by atoms with Gasteiger partial charge < -0.3 is 5.32 Å². The van der Waals surface area contributed by atoms with Gasteiger partial charge in [-0.15, -0.1) is 0 Å². The van der Waals surface area contributed by atoms with Crippen molar-refractivity contribution < 1.29 is 18.1 Å². The zero-order valence-electron chi connectivity index (χ0n) is 15.0. The summed E-state index contributed by atoms with van der Waals surface area (Å²) in [6.07, 6.45) is 1.60. The fourth-order valence-electron chi connectivity index (χ4n) is 3.00. The lowest BCUT2D eigenvalue weighted by Gasteiger charge is -2.16. The number of nitrogens with one attached hydrogen (secondary N) is 1. The van der Waals surface area contributed by atoms with E-state index in [1.807, 2.05) is 0 Å². The molecule has 3 rings (SSSR count). The molecule has 0 aromatic heterocycles. The first kappa shape index (κ1) is 20.2. The minimum Gasteiger partial charge on any atom is -0.322 e. The maximum Gasteiger partial charge on any atom is 0.274 e. The molecule has 148 valence electrons. The van der Waals surface area contributed by atoms with Crippen LogP contribution in [0.1, 0.15) is 28.8 Å². The summed E-state index contributed by atoms with van der Waals surface area (Å²) in [5.41, 5.74) is 0.519. The molecule has 0 spiro atoms. The molecule has 0 saturated carbocycles. The average molecular weight is 424 g/mol. The van der Waals surface area contributed by atoms with Gasteiger partial charge in [0.05, 0.1) is 20.4 Å². The van der Waals surface area contributed by atoms with Gasteiger partial charge in [0, 0.05) is 30.4 Å². The first-order valence-corrected chi connectivity index (χ1v) is 10.4. The second-order valence-electron chi connectivity index (χ2n) is 6.47. The Morgan fingerprint density at radius 3 is 2.50 bits per heavy atom.